The van der Waals surface area contributed by atoms with E-state index in [2.05, 4.69) is 47.6 Å². The van der Waals surface area contributed by atoms with Crippen LogP contribution in [-0.4, -0.2) is 17.9 Å². The van der Waals surface area contributed by atoms with Crippen LogP contribution in [0.15, 0.2) is 11.6 Å². The fourth-order valence-electron chi connectivity index (χ4n) is 10.4. The van der Waals surface area contributed by atoms with Gasteiger partial charge in [-0.3, -0.25) is 9.59 Å². The summed E-state index contributed by atoms with van der Waals surface area (Å²) in [5.74, 6) is 1.58. The zero-order valence-corrected chi connectivity index (χ0v) is 21.9. The molecule has 0 aliphatic heterocycles. The molecule has 11 atom stereocenters. The molecule has 3 nitrogen and oxygen atoms in total. The normalized spacial score (nSPS) is 56.1. The molecule has 0 radical (unpaired) electrons. The molecule has 5 rings (SSSR count). The van der Waals surface area contributed by atoms with Crippen LogP contribution in [0.2, 0.25) is 0 Å². The van der Waals surface area contributed by atoms with E-state index in [1.165, 1.54) is 24.8 Å². The van der Waals surface area contributed by atoms with E-state index in [1.807, 2.05) is 6.92 Å². The Bertz CT molecular complexity index is 933. The molecule has 4 fully saturated rings. The van der Waals surface area contributed by atoms with Gasteiger partial charge in [-0.15, -0.1) is 0 Å². The van der Waals surface area contributed by atoms with Crippen LogP contribution in [0.3, 0.4) is 0 Å². The molecule has 0 saturated heterocycles. The highest BCUT2D eigenvalue weighted by Crippen LogP contribution is 2.74. The van der Waals surface area contributed by atoms with E-state index in [9.17, 15) is 14.4 Å². The Morgan fingerprint density at radius 3 is 2.30 bits per heavy atom. The van der Waals surface area contributed by atoms with Gasteiger partial charge in [-0.25, -0.2) is 0 Å². The molecule has 0 N–H and O–H groups in total. The molecule has 0 amide bonds. The molecule has 5 aliphatic carbocycles. The van der Waals surface area contributed by atoms with Gasteiger partial charge < -0.3 is 4.79 Å². The maximum atomic E-state index is 14.2. The summed E-state index contributed by atoms with van der Waals surface area (Å²) in [6.45, 7) is 16.5. The van der Waals surface area contributed by atoms with Crippen molar-refractivity contribution in [2.24, 2.45) is 63.1 Å². The first-order valence-corrected chi connectivity index (χ1v) is 13.6. The van der Waals surface area contributed by atoms with Crippen LogP contribution in [0.1, 0.15) is 93.4 Å². The number of aldehydes is 1. The zero-order chi connectivity index (χ0) is 24.1. The number of ketones is 2. The molecule has 1 unspecified atom stereocenters. The fourth-order valence-corrected chi connectivity index (χ4v) is 10.4. The molecule has 0 spiro atoms. The van der Waals surface area contributed by atoms with Crippen LogP contribution in [0, 0.1) is 63.1 Å². The molecule has 0 aromatic rings. The Morgan fingerprint density at radius 1 is 0.939 bits per heavy atom. The first-order chi connectivity index (χ1) is 15.3. The first-order valence-electron chi connectivity index (χ1n) is 13.6. The Labute approximate surface area is 200 Å². The van der Waals surface area contributed by atoms with Gasteiger partial charge in [-0.1, -0.05) is 54.0 Å². The molecule has 0 aromatic carbocycles. The minimum absolute atomic E-state index is 0.0103. The van der Waals surface area contributed by atoms with Gasteiger partial charge in [-0.2, -0.15) is 0 Å². The maximum absolute atomic E-state index is 14.2. The van der Waals surface area contributed by atoms with E-state index in [-0.39, 0.29) is 45.6 Å². The molecule has 33 heavy (non-hydrogen) atoms. The molecule has 0 aromatic heterocycles. The number of hydrogen-bond acceptors (Lipinski definition) is 3. The topological polar surface area (TPSA) is 51.2 Å². The zero-order valence-electron chi connectivity index (χ0n) is 21.9. The SMILES string of the molecule is C[C@H]1[C@H](C)CC[C@]2(C)CC[C@]3(C)C(=CC(=O)[C@@H]4[C@@]5(C)CC(C=O)C(=O)[C@@H](C)[C@@H]5CC[C@]43C)[C@H]12. The molecule has 4 saturated carbocycles. The average Bonchev–Trinajstić information content (AvgIpc) is 2.75. The van der Waals surface area contributed by atoms with Crippen molar-refractivity contribution in [3.8, 4) is 0 Å². The van der Waals surface area contributed by atoms with Crippen molar-refractivity contribution in [1.82, 2.24) is 0 Å². The third-order valence-corrected chi connectivity index (χ3v) is 12.7. The predicted molar refractivity (Wildman–Crippen MR) is 130 cm³/mol. The van der Waals surface area contributed by atoms with Crippen LogP contribution in [0.25, 0.3) is 0 Å². The summed E-state index contributed by atoms with van der Waals surface area (Å²) < 4.78 is 0. The Balaban J connectivity index is 1.65. The second-order valence-electron chi connectivity index (χ2n) is 14.0. The summed E-state index contributed by atoms with van der Waals surface area (Å²) in [5, 5.41) is 0. The van der Waals surface area contributed by atoms with E-state index in [1.54, 1.807) is 0 Å². The van der Waals surface area contributed by atoms with Gasteiger partial charge in [0.25, 0.3) is 0 Å². The standard InChI is InChI=1S/C30H44O3/c1-17-8-10-27(4)12-13-29(6)22(24(27)18(17)2)14-23(32)26-28(5)15-20(16-31)25(33)19(3)21(28)9-11-30(26,29)7/h14,16-21,24,26H,8-13,15H2,1-7H3/t17-,18+,19+,20?,21+,24+,26-,27-,28+,29-,30-/m1/s1. The lowest BCUT2D eigenvalue weighted by Crippen LogP contribution is -2.66. The number of carbonyl (C=O) groups excluding carboxylic acids is 3. The van der Waals surface area contributed by atoms with E-state index < -0.39 is 5.92 Å². The molecule has 3 heteroatoms. The number of Topliss-reactive ketones (excluding diaryl/α,β-unsaturated/α-hetero) is 1. The molecule has 0 bridgehead atoms. The second-order valence-corrected chi connectivity index (χ2v) is 14.0. The summed E-state index contributed by atoms with van der Waals surface area (Å²) in [6, 6.07) is 0. The molecule has 182 valence electrons. The van der Waals surface area contributed by atoms with Gasteiger partial charge in [0.1, 0.15) is 12.1 Å². The minimum atomic E-state index is -0.552. The number of carbonyl (C=O) groups is 3. The van der Waals surface area contributed by atoms with Gasteiger partial charge in [0, 0.05) is 11.8 Å². The number of allylic oxidation sites excluding steroid dienone is 2. The van der Waals surface area contributed by atoms with Crippen molar-refractivity contribution in [3.63, 3.8) is 0 Å². The summed E-state index contributed by atoms with van der Waals surface area (Å²) in [6.07, 6.45) is 10.5. The van der Waals surface area contributed by atoms with Crippen LogP contribution in [0.5, 0.6) is 0 Å². The lowest BCUT2D eigenvalue weighted by Gasteiger charge is -2.69. The monoisotopic (exact) mass is 452 g/mol. The highest BCUT2D eigenvalue weighted by molar-refractivity contribution is 5.98. The lowest BCUT2D eigenvalue weighted by atomic mass is 9.34. The van der Waals surface area contributed by atoms with Gasteiger partial charge in [0.15, 0.2) is 5.78 Å². The third-order valence-electron chi connectivity index (χ3n) is 12.7. The summed E-state index contributed by atoms with van der Waals surface area (Å²) in [5.41, 5.74) is 1.36. The van der Waals surface area contributed by atoms with E-state index >= 15 is 0 Å². The van der Waals surface area contributed by atoms with Crippen LogP contribution < -0.4 is 0 Å². The highest BCUT2D eigenvalue weighted by atomic mass is 16.1. The lowest BCUT2D eigenvalue weighted by molar-refractivity contribution is -0.183. The maximum Gasteiger partial charge on any atom is 0.159 e. The quantitative estimate of drug-likeness (QED) is 0.339. The van der Waals surface area contributed by atoms with Crippen molar-refractivity contribution in [3.05, 3.63) is 11.6 Å². The van der Waals surface area contributed by atoms with E-state index in [0.29, 0.717) is 29.6 Å². The van der Waals surface area contributed by atoms with Crippen molar-refractivity contribution in [2.75, 3.05) is 0 Å². The van der Waals surface area contributed by atoms with Gasteiger partial charge in [-0.05, 0) is 96.4 Å². The van der Waals surface area contributed by atoms with Crippen LogP contribution >= 0.6 is 0 Å². The average molecular weight is 453 g/mol. The number of fused-ring (bicyclic) bond motifs is 7. The van der Waals surface area contributed by atoms with Gasteiger partial charge >= 0.3 is 0 Å². The second kappa shape index (κ2) is 7.14. The smallest absolute Gasteiger partial charge is 0.159 e. The van der Waals surface area contributed by atoms with E-state index in [0.717, 1.165) is 25.5 Å². The summed E-state index contributed by atoms with van der Waals surface area (Å²) >= 11 is 0. The van der Waals surface area contributed by atoms with Gasteiger partial charge in [0.2, 0.25) is 0 Å². The summed E-state index contributed by atoms with van der Waals surface area (Å²) in [7, 11) is 0. The van der Waals surface area contributed by atoms with Crippen molar-refractivity contribution >= 4 is 17.9 Å². The molecular formula is C30H44O3. The fraction of sp³-hybridized carbons (Fsp3) is 0.833. The Morgan fingerprint density at radius 2 is 1.64 bits per heavy atom. The first kappa shape index (κ1) is 23.5. The van der Waals surface area contributed by atoms with Gasteiger partial charge in [0.05, 0.1) is 5.92 Å². The van der Waals surface area contributed by atoms with Crippen molar-refractivity contribution in [1.29, 1.82) is 0 Å². The largest absolute Gasteiger partial charge is 0.303 e. The van der Waals surface area contributed by atoms with Crippen LogP contribution in [0.4, 0.5) is 0 Å². The summed E-state index contributed by atoms with van der Waals surface area (Å²) in [4.78, 5) is 39.0. The predicted octanol–water partition coefficient (Wildman–Crippen LogP) is 6.45. The Hall–Kier alpha value is -1.25. The minimum Gasteiger partial charge on any atom is -0.303 e. The molecule has 5 aliphatic rings. The van der Waals surface area contributed by atoms with Crippen molar-refractivity contribution < 1.29 is 14.4 Å². The van der Waals surface area contributed by atoms with Crippen molar-refractivity contribution in [2.45, 2.75) is 93.4 Å². The number of rotatable bonds is 1. The van der Waals surface area contributed by atoms with Crippen LogP contribution in [-0.2, 0) is 14.4 Å². The Kier molecular flexibility index (Phi) is 5.08. The number of hydrogen-bond donors (Lipinski definition) is 0. The third kappa shape index (κ3) is 2.77. The van der Waals surface area contributed by atoms with E-state index in [4.69, 9.17) is 0 Å². The molecular weight excluding hydrogens is 408 g/mol. The highest BCUT2D eigenvalue weighted by Gasteiger charge is 2.69. The molecule has 0 heterocycles.